The van der Waals surface area contributed by atoms with Crippen molar-refractivity contribution in [3.8, 4) is 22.3 Å². The summed E-state index contributed by atoms with van der Waals surface area (Å²) in [6.07, 6.45) is 8.00. The molecule has 0 radical (unpaired) electrons. The van der Waals surface area contributed by atoms with Gasteiger partial charge in [0.2, 0.25) is 0 Å². The summed E-state index contributed by atoms with van der Waals surface area (Å²) in [5.74, 6) is 0. The molecule has 0 heteroatoms. The average molecular weight is 411 g/mol. The Kier molecular flexibility index (Phi) is 7.91. The van der Waals surface area contributed by atoms with Crippen LogP contribution in [0.4, 0.5) is 0 Å². The predicted molar refractivity (Wildman–Crippen MR) is 138 cm³/mol. The molecular weight excluding hydrogens is 372 g/mol. The lowest BCUT2D eigenvalue weighted by molar-refractivity contribution is 0.454. The smallest absolute Gasteiger partial charge is 0.0156 e. The maximum atomic E-state index is 2.46. The first-order valence-electron chi connectivity index (χ1n) is 12.1. The highest BCUT2D eigenvalue weighted by Crippen LogP contribution is 2.42. The van der Waals surface area contributed by atoms with E-state index in [-0.39, 0.29) is 5.41 Å². The Morgan fingerprint density at radius 2 is 1.32 bits per heavy atom. The van der Waals surface area contributed by atoms with E-state index in [0.29, 0.717) is 0 Å². The van der Waals surface area contributed by atoms with E-state index < -0.39 is 0 Å². The van der Waals surface area contributed by atoms with E-state index in [1.807, 2.05) is 0 Å². The second-order valence-electron chi connectivity index (χ2n) is 8.46. The lowest BCUT2D eigenvalue weighted by Gasteiger charge is -2.36. The summed E-state index contributed by atoms with van der Waals surface area (Å²) in [5, 5.41) is 0. The number of aryl methyl sites for hydroxylation is 1. The van der Waals surface area contributed by atoms with Gasteiger partial charge in [0.15, 0.2) is 0 Å². The summed E-state index contributed by atoms with van der Waals surface area (Å²) in [7, 11) is 0. The maximum Gasteiger partial charge on any atom is 0.0156 e. The zero-order chi connectivity index (χ0) is 22.3. The van der Waals surface area contributed by atoms with Gasteiger partial charge >= 0.3 is 0 Å². The Balaban J connectivity index is 2.15. The van der Waals surface area contributed by atoms with Gasteiger partial charge < -0.3 is 0 Å². The third-order valence-electron chi connectivity index (χ3n) is 6.95. The molecule has 0 saturated heterocycles. The largest absolute Gasteiger partial charge is 0.0847 e. The van der Waals surface area contributed by atoms with Gasteiger partial charge in [0.1, 0.15) is 0 Å². The van der Waals surface area contributed by atoms with Gasteiger partial charge in [-0.25, -0.2) is 0 Å². The van der Waals surface area contributed by atoms with Gasteiger partial charge in [-0.1, -0.05) is 119 Å². The monoisotopic (exact) mass is 410 g/mol. The van der Waals surface area contributed by atoms with Crippen molar-refractivity contribution in [3.05, 3.63) is 95.6 Å². The quantitative estimate of drug-likeness (QED) is 0.308. The molecule has 0 unspecified atom stereocenters. The molecule has 3 aromatic carbocycles. The molecule has 0 nitrogen and oxygen atoms in total. The van der Waals surface area contributed by atoms with Crippen LogP contribution in [-0.2, 0) is 11.8 Å². The highest BCUT2D eigenvalue weighted by molar-refractivity contribution is 5.84. The van der Waals surface area contributed by atoms with Crippen molar-refractivity contribution in [2.45, 2.75) is 72.1 Å². The zero-order valence-electron chi connectivity index (χ0n) is 20.0. The van der Waals surface area contributed by atoms with Gasteiger partial charge in [-0.15, -0.1) is 0 Å². The van der Waals surface area contributed by atoms with Crippen LogP contribution in [0.1, 0.15) is 71.4 Å². The highest BCUT2D eigenvalue weighted by Gasteiger charge is 2.31. The fourth-order valence-corrected chi connectivity index (χ4v) is 5.15. The first-order valence-corrected chi connectivity index (χ1v) is 12.1. The van der Waals surface area contributed by atoms with Crippen molar-refractivity contribution < 1.29 is 0 Å². The van der Waals surface area contributed by atoms with E-state index in [9.17, 15) is 0 Å². The summed E-state index contributed by atoms with van der Waals surface area (Å²) >= 11 is 0. The van der Waals surface area contributed by atoms with E-state index in [4.69, 9.17) is 0 Å². The molecule has 0 heterocycles. The molecule has 3 rings (SSSR count). The molecule has 0 saturated carbocycles. The van der Waals surface area contributed by atoms with Gasteiger partial charge in [0.25, 0.3) is 0 Å². The van der Waals surface area contributed by atoms with Crippen molar-refractivity contribution >= 4 is 0 Å². The van der Waals surface area contributed by atoms with E-state index in [2.05, 4.69) is 113 Å². The van der Waals surface area contributed by atoms with Crippen LogP contribution in [0.5, 0.6) is 0 Å². The molecule has 0 fully saturated rings. The van der Waals surface area contributed by atoms with Crippen LogP contribution in [0.25, 0.3) is 22.3 Å². The van der Waals surface area contributed by atoms with Gasteiger partial charge in [-0.3, -0.25) is 0 Å². The van der Waals surface area contributed by atoms with E-state index >= 15 is 0 Å². The molecule has 0 aliphatic carbocycles. The second-order valence-corrected chi connectivity index (χ2v) is 8.46. The molecule has 0 N–H and O–H groups in total. The minimum atomic E-state index is 0.123. The molecular formula is C31H38. The second kappa shape index (κ2) is 10.6. The molecule has 3 aromatic rings. The molecule has 162 valence electrons. The van der Waals surface area contributed by atoms with Crippen LogP contribution in [0.2, 0.25) is 0 Å². The Labute approximate surface area is 190 Å². The Hall–Kier alpha value is -2.60. The fourth-order valence-electron chi connectivity index (χ4n) is 5.15. The maximum absolute atomic E-state index is 2.46. The van der Waals surface area contributed by atoms with Crippen LogP contribution >= 0.6 is 0 Å². The van der Waals surface area contributed by atoms with Crippen molar-refractivity contribution in [3.63, 3.8) is 0 Å². The van der Waals surface area contributed by atoms with Gasteiger partial charge in [-0.2, -0.15) is 0 Å². The number of rotatable bonds is 9. The SMILES string of the molecule is CCC=C(CC)C(CC)(CC)c1cccc(-c2ccccc2-c2cccc(CC)c2)c1. The first kappa shape index (κ1) is 23.1. The molecule has 0 aliphatic heterocycles. The normalized spacial score (nSPS) is 12.2. The molecule has 0 aliphatic rings. The molecule has 0 atom stereocenters. The van der Waals surface area contributed by atoms with E-state index in [1.165, 1.54) is 33.4 Å². The standard InChI is InChI=1S/C31H38/c1-6-15-27(8-3)31(9-4,10-5)28-19-14-18-26(23-28)30-21-12-11-20-29(30)25-17-13-16-24(7-2)22-25/h11-23H,6-10H2,1-5H3. The lowest BCUT2D eigenvalue weighted by Crippen LogP contribution is -2.27. The Morgan fingerprint density at radius 3 is 1.87 bits per heavy atom. The summed E-state index contributed by atoms with van der Waals surface area (Å²) in [5.41, 5.74) is 9.79. The summed E-state index contributed by atoms with van der Waals surface area (Å²) in [6, 6.07) is 27.2. The molecule has 0 amide bonds. The minimum Gasteiger partial charge on any atom is -0.0847 e. The summed E-state index contributed by atoms with van der Waals surface area (Å²) in [4.78, 5) is 0. The summed E-state index contributed by atoms with van der Waals surface area (Å²) < 4.78 is 0. The van der Waals surface area contributed by atoms with Crippen molar-refractivity contribution in [1.29, 1.82) is 0 Å². The van der Waals surface area contributed by atoms with Crippen LogP contribution in [-0.4, -0.2) is 0 Å². The summed E-state index contributed by atoms with van der Waals surface area (Å²) in [6.45, 7) is 11.5. The minimum absolute atomic E-state index is 0.123. The van der Waals surface area contributed by atoms with E-state index in [1.54, 1.807) is 5.57 Å². The molecule has 31 heavy (non-hydrogen) atoms. The topological polar surface area (TPSA) is 0 Å². The molecule has 0 bridgehead atoms. The number of hydrogen-bond donors (Lipinski definition) is 0. The fraction of sp³-hybridized carbons (Fsp3) is 0.355. The van der Waals surface area contributed by atoms with E-state index in [0.717, 1.165) is 32.1 Å². The number of hydrogen-bond acceptors (Lipinski definition) is 0. The lowest BCUT2D eigenvalue weighted by atomic mass is 9.68. The Morgan fingerprint density at radius 1 is 0.710 bits per heavy atom. The van der Waals surface area contributed by atoms with Crippen molar-refractivity contribution in [2.75, 3.05) is 0 Å². The van der Waals surface area contributed by atoms with Gasteiger partial charge in [0, 0.05) is 5.41 Å². The number of allylic oxidation sites excluding steroid dienone is 2. The zero-order valence-corrected chi connectivity index (χ0v) is 20.0. The van der Waals surface area contributed by atoms with Gasteiger partial charge in [-0.05, 0) is 65.5 Å². The van der Waals surface area contributed by atoms with Crippen LogP contribution in [0.3, 0.4) is 0 Å². The first-order chi connectivity index (χ1) is 15.1. The van der Waals surface area contributed by atoms with Gasteiger partial charge in [0.05, 0.1) is 0 Å². The van der Waals surface area contributed by atoms with Crippen LogP contribution < -0.4 is 0 Å². The van der Waals surface area contributed by atoms with Crippen LogP contribution in [0.15, 0.2) is 84.4 Å². The number of benzene rings is 3. The van der Waals surface area contributed by atoms with Crippen molar-refractivity contribution in [2.24, 2.45) is 0 Å². The highest BCUT2D eigenvalue weighted by atomic mass is 14.4. The average Bonchev–Trinajstić information content (AvgIpc) is 2.84. The predicted octanol–water partition coefficient (Wildman–Crippen LogP) is 9.39. The van der Waals surface area contributed by atoms with Crippen molar-refractivity contribution in [1.82, 2.24) is 0 Å². The third-order valence-corrected chi connectivity index (χ3v) is 6.95. The Bertz CT molecular complexity index is 1020. The molecule has 0 spiro atoms. The molecule has 0 aromatic heterocycles. The van der Waals surface area contributed by atoms with Crippen LogP contribution in [0, 0.1) is 0 Å². The third kappa shape index (κ3) is 4.69.